The van der Waals surface area contributed by atoms with E-state index in [1.807, 2.05) is 12.1 Å². The van der Waals surface area contributed by atoms with Crippen LogP contribution in [0.4, 0.5) is 0 Å². The molecule has 0 N–H and O–H groups in total. The van der Waals surface area contributed by atoms with Crippen molar-refractivity contribution in [2.24, 2.45) is 0 Å². The minimum Gasteiger partial charge on any atom is -0.496 e. The number of allylic oxidation sites excluding steroid dienone is 2. The van der Waals surface area contributed by atoms with Gasteiger partial charge in [-0.15, -0.1) is 0 Å². The van der Waals surface area contributed by atoms with Gasteiger partial charge < -0.3 is 4.74 Å². The molecule has 2 aliphatic carbocycles. The van der Waals surface area contributed by atoms with Crippen molar-refractivity contribution < 1.29 is 14.3 Å². The summed E-state index contributed by atoms with van der Waals surface area (Å²) in [6, 6.07) is 3.77. The first-order valence-electron chi connectivity index (χ1n) is 6.70. The highest BCUT2D eigenvalue weighted by Crippen LogP contribution is 2.40. The van der Waals surface area contributed by atoms with Crippen LogP contribution in [0.5, 0.6) is 5.75 Å². The Kier molecular flexibility index (Phi) is 2.97. The molecule has 98 valence electrons. The van der Waals surface area contributed by atoms with Crippen LogP contribution >= 0.6 is 0 Å². The third kappa shape index (κ3) is 1.89. The van der Waals surface area contributed by atoms with Crippen molar-refractivity contribution >= 4 is 11.6 Å². The van der Waals surface area contributed by atoms with Crippen molar-refractivity contribution in [2.75, 3.05) is 7.11 Å². The molecule has 0 spiro atoms. The van der Waals surface area contributed by atoms with Gasteiger partial charge in [-0.25, -0.2) is 0 Å². The van der Waals surface area contributed by atoms with E-state index >= 15 is 0 Å². The SMILES string of the molecule is COc1ccc(C2CCCC2)c2c1C(=O)C=CC2=O. The first kappa shape index (κ1) is 12.2. The zero-order valence-corrected chi connectivity index (χ0v) is 10.9. The maximum absolute atomic E-state index is 12.2. The number of benzene rings is 1. The molecule has 1 fully saturated rings. The molecule has 3 nitrogen and oxygen atoms in total. The standard InChI is InChI=1S/C16H16O3/c1-19-14-9-6-11(10-4-2-3-5-10)15-12(17)7-8-13(18)16(14)15/h6-10H,2-5H2,1H3. The van der Waals surface area contributed by atoms with Gasteiger partial charge in [-0.1, -0.05) is 18.9 Å². The van der Waals surface area contributed by atoms with E-state index < -0.39 is 0 Å². The summed E-state index contributed by atoms with van der Waals surface area (Å²) >= 11 is 0. The van der Waals surface area contributed by atoms with Crippen LogP contribution in [0.15, 0.2) is 24.3 Å². The molecular formula is C16H16O3. The average molecular weight is 256 g/mol. The third-order valence-electron chi connectivity index (χ3n) is 4.09. The maximum atomic E-state index is 12.2. The zero-order chi connectivity index (χ0) is 13.4. The Morgan fingerprint density at radius 2 is 1.63 bits per heavy atom. The Morgan fingerprint density at radius 1 is 1.00 bits per heavy atom. The number of methoxy groups -OCH3 is 1. The van der Waals surface area contributed by atoms with Crippen LogP contribution in [0.2, 0.25) is 0 Å². The second-order valence-corrected chi connectivity index (χ2v) is 5.15. The van der Waals surface area contributed by atoms with Crippen LogP contribution in [0.1, 0.15) is 57.9 Å². The second-order valence-electron chi connectivity index (χ2n) is 5.15. The summed E-state index contributed by atoms with van der Waals surface area (Å²) in [5.41, 5.74) is 2.04. The summed E-state index contributed by atoms with van der Waals surface area (Å²) < 4.78 is 5.24. The summed E-state index contributed by atoms with van der Waals surface area (Å²) in [7, 11) is 1.53. The van der Waals surface area contributed by atoms with Gasteiger partial charge in [0.05, 0.1) is 12.7 Å². The fourth-order valence-electron chi connectivity index (χ4n) is 3.17. The van der Waals surface area contributed by atoms with Gasteiger partial charge in [0.25, 0.3) is 0 Å². The van der Waals surface area contributed by atoms with Gasteiger partial charge in [-0.3, -0.25) is 9.59 Å². The Labute approximate surface area is 112 Å². The quantitative estimate of drug-likeness (QED) is 0.815. The number of fused-ring (bicyclic) bond motifs is 1. The van der Waals surface area contributed by atoms with Crippen molar-refractivity contribution in [3.8, 4) is 5.75 Å². The Balaban J connectivity index is 2.21. The lowest BCUT2D eigenvalue weighted by molar-refractivity contribution is 0.0990. The monoisotopic (exact) mass is 256 g/mol. The summed E-state index contributed by atoms with van der Waals surface area (Å²) in [6.45, 7) is 0. The van der Waals surface area contributed by atoms with Gasteiger partial charge in [0.1, 0.15) is 5.75 Å². The molecule has 0 amide bonds. The summed E-state index contributed by atoms with van der Waals surface area (Å²) in [4.78, 5) is 24.2. The van der Waals surface area contributed by atoms with E-state index in [-0.39, 0.29) is 11.6 Å². The van der Waals surface area contributed by atoms with Crippen LogP contribution in [-0.2, 0) is 0 Å². The highest BCUT2D eigenvalue weighted by atomic mass is 16.5. The first-order valence-corrected chi connectivity index (χ1v) is 6.70. The molecule has 0 heterocycles. The summed E-state index contributed by atoms with van der Waals surface area (Å²) in [5, 5.41) is 0. The minimum absolute atomic E-state index is 0.0737. The predicted molar refractivity (Wildman–Crippen MR) is 72.0 cm³/mol. The molecule has 3 heteroatoms. The van der Waals surface area contributed by atoms with E-state index in [9.17, 15) is 9.59 Å². The normalized spacial score (nSPS) is 18.8. The highest BCUT2D eigenvalue weighted by Gasteiger charge is 2.30. The molecule has 19 heavy (non-hydrogen) atoms. The molecular weight excluding hydrogens is 240 g/mol. The van der Waals surface area contributed by atoms with Crippen molar-refractivity contribution in [1.82, 2.24) is 0 Å². The average Bonchev–Trinajstić information content (AvgIpc) is 2.95. The van der Waals surface area contributed by atoms with Crippen molar-refractivity contribution in [2.45, 2.75) is 31.6 Å². The van der Waals surface area contributed by atoms with Crippen LogP contribution in [0.3, 0.4) is 0 Å². The molecule has 0 aliphatic heterocycles. The largest absolute Gasteiger partial charge is 0.496 e. The molecule has 3 rings (SSSR count). The summed E-state index contributed by atoms with van der Waals surface area (Å²) in [5.74, 6) is 0.698. The molecule has 1 aromatic rings. The Bertz CT molecular complexity index is 578. The highest BCUT2D eigenvalue weighted by molar-refractivity contribution is 6.23. The number of carbonyl (C=O) groups excluding carboxylic acids is 2. The number of ketones is 2. The lowest BCUT2D eigenvalue weighted by Gasteiger charge is -2.20. The number of rotatable bonds is 2. The minimum atomic E-state index is -0.133. The first-order chi connectivity index (χ1) is 9.22. The molecule has 2 aliphatic rings. The number of hydrogen-bond acceptors (Lipinski definition) is 3. The fraction of sp³-hybridized carbons (Fsp3) is 0.375. The third-order valence-corrected chi connectivity index (χ3v) is 4.09. The van der Waals surface area contributed by atoms with Crippen molar-refractivity contribution in [1.29, 1.82) is 0 Å². The molecule has 0 aromatic heterocycles. The molecule has 0 radical (unpaired) electrons. The van der Waals surface area contributed by atoms with Crippen molar-refractivity contribution in [3.05, 3.63) is 41.0 Å². The number of hydrogen-bond donors (Lipinski definition) is 0. The van der Waals surface area contributed by atoms with Crippen LogP contribution in [0, 0.1) is 0 Å². The van der Waals surface area contributed by atoms with Gasteiger partial charge in [-0.2, -0.15) is 0 Å². The fourth-order valence-corrected chi connectivity index (χ4v) is 3.17. The molecule has 0 unspecified atom stereocenters. The molecule has 0 bridgehead atoms. The van der Waals surface area contributed by atoms with E-state index in [0.29, 0.717) is 22.8 Å². The molecule has 0 saturated heterocycles. The van der Waals surface area contributed by atoms with Gasteiger partial charge in [-0.05, 0) is 42.5 Å². The Morgan fingerprint density at radius 3 is 2.26 bits per heavy atom. The van der Waals surface area contributed by atoms with Gasteiger partial charge in [0.2, 0.25) is 0 Å². The smallest absolute Gasteiger partial charge is 0.190 e. The van der Waals surface area contributed by atoms with E-state index in [0.717, 1.165) is 18.4 Å². The predicted octanol–water partition coefficient (Wildman–Crippen LogP) is 3.29. The number of ether oxygens (including phenoxy) is 1. The van der Waals surface area contributed by atoms with Crippen molar-refractivity contribution in [3.63, 3.8) is 0 Å². The molecule has 0 atom stereocenters. The topological polar surface area (TPSA) is 43.4 Å². The van der Waals surface area contributed by atoms with Crippen LogP contribution < -0.4 is 4.74 Å². The van der Waals surface area contributed by atoms with E-state index in [2.05, 4.69) is 0 Å². The van der Waals surface area contributed by atoms with E-state index in [1.54, 1.807) is 0 Å². The lowest BCUT2D eigenvalue weighted by Crippen LogP contribution is -2.17. The lowest BCUT2D eigenvalue weighted by atomic mass is 9.84. The van der Waals surface area contributed by atoms with Gasteiger partial charge in [0.15, 0.2) is 11.6 Å². The van der Waals surface area contributed by atoms with Crippen LogP contribution in [0.25, 0.3) is 0 Å². The van der Waals surface area contributed by atoms with E-state index in [4.69, 9.17) is 4.74 Å². The van der Waals surface area contributed by atoms with Gasteiger partial charge in [0, 0.05) is 5.56 Å². The maximum Gasteiger partial charge on any atom is 0.190 e. The zero-order valence-electron chi connectivity index (χ0n) is 10.9. The number of carbonyl (C=O) groups is 2. The Hall–Kier alpha value is -1.90. The summed E-state index contributed by atoms with van der Waals surface area (Å²) in [6.07, 6.45) is 7.31. The second kappa shape index (κ2) is 4.65. The van der Waals surface area contributed by atoms with E-state index in [1.165, 1.54) is 32.1 Å². The van der Waals surface area contributed by atoms with Crippen LogP contribution in [-0.4, -0.2) is 18.7 Å². The molecule has 1 aromatic carbocycles. The molecule has 1 saturated carbocycles. The van der Waals surface area contributed by atoms with Gasteiger partial charge >= 0.3 is 0 Å².